The lowest BCUT2D eigenvalue weighted by atomic mass is 9.96. The highest BCUT2D eigenvalue weighted by Gasteiger charge is 2.04. The van der Waals surface area contributed by atoms with Crippen LogP contribution in [0.2, 0.25) is 0 Å². The molecule has 0 fully saturated rings. The van der Waals surface area contributed by atoms with Crippen molar-refractivity contribution in [1.82, 2.24) is 0 Å². The average molecular weight is 260 g/mol. The SMILES string of the molecule is COc1cc(/C=C/C(=O)/C=C/C(C)(C)C)ccc1O. The van der Waals surface area contributed by atoms with E-state index in [1.807, 2.05) is 26.8 Å². The molecule has 0 aliphatic rings. The lowest BCUT2D eigenvalue weighted by molar-refractivity contribution is -0.110. The van der Waals surface area contributed by atoms with Gasteiger partial charge in [-0.15, -0.1) is 0 Å². The lowest BCUT2D eigenvalue weighted by Crippen LogP contribution is -2.00. The predicted molar refractivity (Wildman–Crippen MR) is 77.3 cm³/mol. The van der Waals surface area contributed by atoms with Crippen LogP contribution in [0.3, 0.4) is 0 Å². The van der Waals surface area contributed by atoms with Gasteiger partial charge in [0.05, 0.1) is 7.11 Å². The number of carbonyl (C=O) groups is 1. The number of hydrogen-bond donors (Lipinski definition) is 1. The van der Waals surface area contributed by atoms with E-state index in [0.29, 0.717) is 5.75 Å². The molecular formula is C16H20O3. The van der Waals surface area contributed by atoms with Gasteiger partial charge in [0.2, 0.25) is 0 Å². The zero-order valence-corrected chi connectivity index (χ0v) is 11.8. The van der Waals surface area contributed by atoms with E-state index in [-0.39, 0.29) is 16.9 Å². The molecule has 0 bridgehead atoms. The molecule has 0 saturated heterocycles. The van der Waals surface area contributed by atoms with Gasteiger partial charge in [-0.25, -0.2) is 0 Å². The van der Waals surface area contributed by atoms with Crippen molar-refractivity contribution in [2.75, 3.05) is 7.11 Å². The number of methoxy groups -OCH3 is 1. The molecule has 0 heterocycles. The number of ether oxygens (including phenoxy) is 1. The molecule has 1 aromatic rings. The zero-order valence-electron chi connectivity index (χ0n) is 11.8. The van der Waals surface area contributed by atoms with Crippen molar-refractivity contribution in [3.05, 3.63) is 42.0 Å². The number of phenols is 1. The molecule has 0 spiro atoms. The molecule has 0 aliphatic carbocycles. The van der Waals surface area contributed by atoms with Crippen LogP contribution in [-0.2, 0) is 4.79 Å². The van der Waals surface area contributed by atoms with Crippen molar-refractivity contribution < 1.29 is 14.6 Å². The Morgan fingerprint density at radius 2 is 1.95 bits per heavy atom. The van der Waals surface area contributed by atoms with E-state index in [4.69, 9.17) is 4.74 Å². The van der Waals surface area contributed by atoms with Gasteiger partial charge in [0.15, 0.2) is 17.3 Å². The third-order valence-corrected chi connectivity index (χ3v) is 2.39. The van der Waals surface area contributed by atoms with Crippen LogP contribution >= 0.6 is 0 Å². The summed E-state index contributed by atoms with van der Waals surface area (Å²) >= 11 is 0. The number of hydrogen-bond acceptors (Lipinski definition) is 3. The highest BCUT2D eigenvalue weighted by molar-refractivity contribution is 6.02. The molecule has 1 rings (SSSR count). The van der Waals surface area contributed by atoms with Crippen LogP contribution in [0.15, 0.2) is 36.4 Å². The second-order valence-corrected chi connectivity index (χ2v) is 5.37. The lowest BCUT2D eigenvalue weighted by Gasteiger charge is -2.09. The minimum atomic E-state index is -0.0676. The van der Waals surface area contributed by atoms with Crippen molar-refractivity contribution in [2.45, 2.75) is 20.8 Å². The van der Waals surface area contributed by atoms with Crippen molar-refractivity contribution in [3.8, 4) is 11.5 Å². The first-order valence-corrected chi connectivity index (χ1v) is 6.10. The molecule has 1 N–H and O–H groups in total. The van der Waals surface area contributed by atoms with Crippen molar-refractivity contribution in [1.29, 1.82) is 0 Å². The molecule has 0 atom stereocenters. The number of ketones is 1. The fraction of sp³-hybridized carbons (Fsp3) is 0.312. The first kappa shape index (κ1) is 15.0. The number of phenolic OH excluding ortho intramolecular Hbond substituents is 1. The molecule has 3 heteroatoms. The summed E-state index contributed by atoms with van der Waals surface area (Å²) in [7, 11) is 1.49. The van der Waals surface area contributed by atoms with Crippen LogP contribution in [-0.4, -0.2) is 18.0 Å². The molecule has 1 aromatic carbocycles. The van der Waals surface area contributed by atoms with Crippen molar-refractivity contribution in [3.63, 3.8) is 0 Å². The number of carbonyl (C=O) groups excluding carboxylic acids is 1. The third-order valence-electron chi connectivity index (χ3n) is 2.39. The van der Waals surface area contributed by atoms with Crippen LogP contribution < -0.4 is 4.74 Å². The van der Waals surface area contributed by atoms with E-state index in [0.717, 1.165) is 5.56 Å². The quantitative estimate of drug-likeness (QED) is 0.842. The van der Waals surface area contributed by atoms with Gasteiger partial charge in [-0.05, 0) is 35.3 Å². The topological polar surface area (TPSA) is 46.5 Å². The fourth-order valence-electron chi connectivity index (χ4n) is 1.36. The maximum Gasteiger partial charge on any atom is 0.178 e. The maximum atomic E-state index is 11.6. The van der Waals surface area contributed by atoms with Gasteiger partial charge in [-0.1, -0.05) is 39.0 Å². The molecule has 0 aliphatic heterocycles. The Balaban J connectivity index is 2.77. The Kier molecular flexibility index (Phi) is 4.93. The summed E-state index contributed by atoms with van der Waals surface area (Å²) in [5.74, 6) is 0.403. The summed E-state index contributed by atoms with van der Waals surface area (Å²) in [6, 6.07) is 4.93. The van der Waals surface area contributed by atoms with E-state index >= 15 is 0 Å². The molecular weight excluding hydrogens is 240 g/mol. The molecule has 102 valence electrons. The van der Waals surface area contributed by atoms with Crippen LogP contribution in [0.4, 0.5) is 0 Å². The fourth-order valence-corrected chi connectivity index (χ4v) is 1.36. The van der Waals surface area contributed by atoms with Gasteiger partial charge in [0.25, 0.3) is 0 Å². The Labute approximate surface area is 114 Å². The van der Waals surface area contributed by atoms with E-state index in [1.54, 1.807) is 24.3 Å². The molecule has 0 radical (unpaired) electrons. The molecule has 0 amide bonds. The Morgan fingerprint density at radius 3 is 2.53 bits per heavy atom. The van der Waals surface area contributed by atoms with E-state index in [9.17, 15) is 9.90 Å². The highest BCUT2D eigenvalue weighted by atomic mass is 16.5. The second-order valence-electron chi connectivity index (χ2n) is 5.37. The van der Waals surface area contributed by atoms with Crippen molar-refractivity contribution >= 4 is 11.9 Å². The average Bonchev–Trinajstić information content (AvgIpc) is 2.34. The van der Waals surface area contributed by atoms with Gasteiger partial charge < -0.3 is 9.84 Å². The van der Waals surface area contributed by atoms with Crippen LogP contribution in [0.25, 0.3) is 6.08 Å². The summed E-state index contributed by atoms with van der Waals surface area (Å²) in [5.41, 5.74) is 0.790. The summed E-state index contributed by atoms with van der Waals surface area (Å²) < 4.78 is 5.00. The number of benzene rings is 1. The van der Waals surface area contributed by atoms with E-state index in [2.05, 4.69) is 0 Å². The smallest absolute Gasteiger partial charge is 0.178 e. The maximum absolute atomic E-state index is 11.6. The first-order valence-electron chi connectivity index (χ1n) is 6.10. The Bertz CT molecular complexity index is 505. The predicted octanol–water partition coefficient (Wildman–Crippen LogP) is 3.59. The Morgan fingerprint density at radius 1 is 1.26 bits per heavy atom. The minimum absolute atomic E-state index is 0.00867. The van der Waals surface area contributed by atoms with E-state index < -0.39 is 0 Å². The largest absolute Gasteiger partial charge is 0.504 e. The monoisotopic (exact) mass is 260 g/mol. The first-order chi connectivity index (χ1) is 8.81. The Hall–Kier alpha value is -2.03. The summed E-state index contributed by atoms with van der Waals surface area (Å²) in [6.45, 7) is 6.10. The molecule has 19 heavy (non-hydrogen) atoms. The van der Waals surface area contributed by atoms with Gasteiger partial charge >= 0.3 is 0 Å². The van der Waals surface area contributed by atoms with Gasteiger partial charge in [-0.3, -0.25) is 4.79 Å². The molecule has 0 saturated carbocycles. The zero-order chi connectivity index (χ0) is 14.5. The number of rotatable bonds is 4. The van der Waals surface area contributed by atoms with E-state index in [1.165, 1.54) is 19.3 Å². The normalized spacial score (nSPS) is 12.2. The van der Waals surface area contributed by atoms with Crippen molar-refractivity contribution in [2.24, 2.45) is 5.41 Å². The molecule has 0 unspecified atom stereocenters. The minimum Gasteiger partial charge on any atom is -0.504 e. The highest BCUT2D eigenvalue weighted by Crippen LogP contribution is 2.26. The second kappa shape index (κ2) is 6.23. The number of aromatic hydroxyl groups is 1. The third kappa shape index (κ3) is 5.42. The molecule has 0 aromatic heterocycles. The summed E-state index contributed by atoms with van der Waals surface area (Å²) in [6.07, 6.45) is 6.62. The standard InChI is InChI=1S/C16H20O3/c1-16(2,3)10-9-13(17)7-5-12-6-8-14(18)15(11-12)19-4/h5-11,18H,1-4H3/b7-5+,10-9+. The van der Waals surface area contributed by atoms with Crippen LogP contribution in [0, 0.1) is 5.41 Å². The number of allylic oxidation sites excluding steroid dienone is 3. The van der Waals surface area contributed by atoms with Gasteiger partial charge in [-0.2, -0.15) is 0 Å². The van der Waals surface area contributed by atoms with Crippen LogP contribution in [0.1, 0.15) is 26.3 Å². The summed E-state index contributed by atoms with van der Waals surface area (Å²) in [5, 5.41) is 9.46. The van der Waals surface area contributed by atoms with Crippen LogP contribution in [0.5, 0.6) is 11.5 Å². The molecule has 3 nitrogen and oxygen atoms in total. The van der Waals surface area contributed by atoms with Gasteiger partial charge in [0, 0.05) is 0 Å². The summed E-state index contributed by atoms with van der Waals surface area (Å²) in [4.78, 5) is 11.6. The van der Waals surface area contributed by atoms with Gasteiger partial charge in [0.1, 0.15) is 0 Å².